The predicted octanol–water partition coefficient (Wildman–Crippen LogP) is 12.8. The summed E-state index contributed by atoms with van der Waals surface area (Å²) in [5, 5.41) is 7.87. The first-order valence-corrected chi connectivity index (χ1v) is 17.6. The Morgan fingerprint density at radius 3 is 1.76 bits per heavy atom. The maximum atomic E-state index is 4.58. The molecule has 9 rings (SSSR count). The van der Waals surface area contributed by atoms with Gasteiger partial charge in [-0.1, -0.05) is 130 Å². The van der Waals surface area contributed by atoms with Crippen LogP contribution in [0.5, 0.6) is 0 Å². The third-order valence-corrected chi connectivity index (χ3v) is 10.5. The number of nitrogens with zero attached hydrogens (tertiary/aromatic N) is 2. The van der Waals surface area contributed by atoms with Crippen molar-refractivity contribution in [2.75, 3.05) is 0 Å². The second-order valence-electron chi connectivity index (χ2n) is 14.6. The molecular weight excluding hydrogens is 605 g/mol. The fourth-order valence-electron chi connectivity index (χ4n) is 7.71. The number of hydrogen-bond donors (Lipinski definition) is 0. The molecule has 1 atom stereocenters. The Morgan fingerprint density at radius 2 is 1.20 bits per heavy atom. The Morgan fingerprint density at radius 1 is 0.580 bits per heavy atom. The molecule has 0 N–H and O–H groups in total. The number of hydrogen-bond acceptors (Lipinski definition) is 2. The van der Waals surface area contributed by atoms with Gasteiger partial charge in [-0.05, 0) is 119 Å². The van der Waals surface area contributed by atoms with E-state index >= 15 is 0 Å². The Labute approximate surface area is 293 Å². The van der Waals surface area contributed by atoms with Gasteiger partial charge < -0.3 is 0 Å². The fraction of sp³-hybridized carbons (Fsp3) is 0.125. The third-order valence-electron chi connectivity index (χ3n) is 10.5. The highest BCUT2D eigenvalue weighted by Gasteiger charge is 2.20. The summed E-state index contributed by atoms with van der Waals surface area (Å²) in [7, 11) is 0. The molecule has 1 unspecified atom stereocenters. The van der Waals surface area contributed by atoms with Crippen molar-refractivity contribution in [3.8, 4) is 33.5 Å². The zero-order valence-corrected chi connectivity index (χ0v) is 28.7. The lowest BCUT2D eigenvalue weighted by Gasteiger charge is -2.23. The van der Waals surface area contributed by atoms with Crippen molar-refractivity contribution in [1.82, 2.24) is 9.97 Å². The SMILES string of the molecule is CC(C)(C)c1cc2ccc3c(-c4ccc(C5=CCC(c6ccncc6)C=C5)cc4)cc(-c4ccc(-c5ccccn5)cc4)c4ccc(c1)c2c34. The van der Waals surface area contributed by atoms with Gasteiger partial charge in [0.1, 0.15) is 0 Å². The van der Waals surface area contributed by atoms with E-state index in [4.69, 9.17) is 0 Å². The second kappa shape index (κ2) is 11.9. The van der Waals surface area contributed by atoms with Gasteiger partial charge in [0.2, 0.25) is 0 Å². The summed E-state index contributed by atoms with van der Waals surface area (Å²) in [6, 6.07) is 44.9. The van der Waals surface area contributed by atoms with E-state index in [0.717, 1.165) is 17.7 Å². The minimum absolute atomic E-state index is 0.0702. The van der Waals surface area contributed by atoms with Crippen molar-refractivity contribution < 1.29 is 0 Å². The molecule has 0 saturated carbocycles. The Kier molecular flexibility index (Phi) is 7.21. The van der Waals surface area contributed by atoms with Gasteiger partial charge in [-0.15, -0.1) is 0 Å². The molecule has 2 heteroatoms. The van der Waals surface area contributed by atoms with E-state index in [-0.39, 0.29) is 5.41 Å². The number of allylic oxidation sites excluding steroid dienone is 4. The highest BCUT2D eigenvalue weighted by molar-refractivity contribution is 6.28. The van der Waals surface area contributed by atoms with Crippen molar-refractivity contribution in [2.24, 2.45) is 0 Å². The highest BCUT2D eigenvalue weighted by Crippen LogP contribution is 2.45. The van der Waals surface area contributed by atoms with Crippen LogP contribution in [0.2, 0.25) is 0 Å². The van der Waals surface area contributed by atoms with Gasteiger partial charge in [-0.3, -0.25) is 9.97 Å². The van der Waals surface area contributed by atoms with Crippen LogP contribution in [0.25, 0.3) is 71.4 Å². The summed E-state index contributed by atoms with van der Waals surface area (Å²) in [5.41, 5.74) is 12.3. The summed E-state index contributed by atoms with van der Waals surface area (Å²) in [4.78, 5) is 8.77. The van der Waals surface area contributed by atoms with Gasteiger partial charge in [0.05, 0.1) is 5.69 Å². The maximum absolute atomic E-state index is 4.58. The van der Waals surface area contributed by atoms with Gasteiger partial charge in [-0.2, -0.15) is 0 Å². The average Bonchev–Trinajstić information content (AvgIpc) is 3.17. The van der Waals surface area contributed by atoms with E-state index in [1.54, 1.807) is 0 Å². The lowest BCUT2D eigenvalue weighted by molar-refractivity contribution is 0.591. The van der Waals surface area contributed by atoms with Gasteiger partial charge in [-0.25, -0.2) is 0 Å². The van der Waals surface area contributed by atoms with E-state index < -0.39 is 0 Å². The van der Waals surface area contributed by atoms with Crippen molar-refractivity contribution in [2.45, 2.75) is 38.5 Å². The van der Waals surface area contributed by atoms with Crippen LogP contribution in [-0.4, -0.2) is 9.97 Å². The van der Waals surface area contributed by atoms with Gasteiger partial charge >= 0.3 is 0 Å². The van der Waals surface area contributed by atoms with Crippen LogP contribution < -0.4 is 0 Å². The molecule has 240 valence electrons. The molecule has 2 heterocycles. The minimum atomic E-state index is 0.0702. The molecule has 0 bridgehead atoms. The number of rotatable bonds is 5. The second-order valence-corrected chi connectivity index (χ2v) is 14.6. The Bertz CT molecular complexity index is 2530. The smallest absolute Gasteiger partial charge is 0.0701 e. The predicted molar refractivity (Wildman–Crippen MR) is 212 cm³/mol. The lowest BCUT2D eigenvalue weighted by Crippen LogP contribution is -2.10. The summed E-state index contributed by atoms with van der Waals surface area (Å²) in [6.45, 7) is 6.90. The normalized spacial score (nSPS) is 14.9. The molecule has 0 spiro atoms. The fourth-order valence-corrected chi connectivity index (χ4v) is 7.71. The van der Waals surface area contributed by atoms with Crippen LogP contribution in [0.1, 0.15) is 49.8 Å². The van der Waals surface area contributed by atoms with E-state index in [1.807, 2.05) is 30.7 Å². The van der Waals surface area contributed by atoms with Gasteiger partial charge in [0, 0.05) is 30.1 Å². The Balaban J connectivity index is 1.18. The monoisotopic (exact) mass is 642 g/mol. The molecule has 0 radical (unpaired) electrons. The zero-order valence-electron chi connectivity index (χ0n) is 28.7. The van der Waals surface area contributed by atoms with E-state index in [9.17, 15) is 0 Å². The molecule has 8 aromatic rings. The molecule has 50 heavy (non-hydrogen) atoms. The van der Waals surface area contributed by atoms with E-state index in [1.165, 1.54) is 76.8 Å². The first kappa shape index (κ1) is 30.2. The van der Waals surface area contributed by atoms with Crippen LogP contribution in [-0.2, 0) is 5.41 Å². The molecule has 0 amide bonds. The average molecular weight is 643 g/mol. The van der Waals surface area contributed by atoms with Crippen LogP contribution in [0.15, 0.2) is 158 Å². The molecule has 0 saturated heterocycles. The van der Waals surface area contributed by atoms with Gasteiger partial charge in [0.15, 0.2) is 0 Å². The quantitative estimate of drug-likeness (QED) is 0.175. The van der Waals surface area contributed by atoms with Crippen molar-refractivity contribution in [3.63, 3.8) is 0 Å². The van der Waals surface area contributed by atoms with Gasteiger partial charge in [0.25, 0.3) is 0 Å². The zero-order chi connectivity index (χ0) is 33.8. The molecule has 0 fully saturated rings. The molecular formula is C48H38N2. The Hall–Kier alpha value is -5.86. The topological polar surface area (TPSA) is 25.8 Å². The maximum Gasteiger partial charge on any atom is 0.0701 e. The van der Waals surface area contributed by atoms with Crippen LogP contribution in [0, 0.1) is 0 Å². The lowest BCUT2D eigenvalue weighted by atomic mass is 9.81. The molecule has 6 aromatic carbocycles. The van der Waals surface area contributed by atoms with Crippen LogP contribution in [0.3, 0.4) is 0 Å². The van der Waals surface area contributed by atoms with E-state index in [0.29, 0.717) is 5.92 Å². The molecule has 2 nitrogen and oxygen atoms in total. The third kappa shape index (κ3) is 5.29. The summed E-state index contributed by atoms with van der Waals surface area (Å²) in [6.07, 6.45) is 13.6. The molecule has 1 aliphatic carbocycles. The standard InChI is InChI=1S/C48H38N2/c1-48(2,3)40-28-38-19-21-41-43(35-13-11-32(12-14-35)31-7-9-33(10-8-31)34-23-26-49-27-24-34)30-44(42-22-20-39(29-40)46(38)47(41)42)36-15-17-37(18-16-36)45-6-4-5-25-50-45/h4-9,11-30,33H,10H2,1-3H3. The van der Waals surface area contributed by atoms with Crippen molar-refractivity contribution in [3.05, 3.63) is 175 Å². The number of pyridine rings is 2. The van der Waals surface area contributed by atoms with Crippen LogP contribution in [0.4, 0.5) is 0 Å². The largest absolute Gasteiger partial charge is 0.265 e. The first-order valence-electron chi connectivity index (χ1n) is 17.6. The van der Waals surface area contributed by atoms with Crippen molar-refractivity contribution >= 4 is 37.9 Å². The van der Waals surface area contributed by atoms with Crippen molar-refractivity contribution in [1.29, 1.82) is 0 Å². The molecule has 1 aliphatic rings. The molecule has 0 aliphatic heterocycles. The summed E-state index contributed by atoms with van der Waals surface area (Å²) < 4.78 is 0. The number of aromatic nitrogens is 2. The minimum Gasteiger partial charge on any atom is -0.265 e. The number of benzene rings is 6. The summed E-state index contributed by atoms with van der Waals surface area (Å²) in [5.74, 6) is 0.397. The highest BCUT2D eigenvalue weighted by atomic mass is 14.7. The molecule has 2 aromatic heterocycles. The van der Waals surface area contributed by atoms with E-state index in [2.05, 4.69) is 158 Å². The first-order chi connectivity index (χ1) is 24.4. The van der Waals surface area contributed by atoms with Crippen LogP contribution >= 0.6 is 0 Å². The summed E-state index contributed by atoms with van der Waals surface area (Å²) >= 11 is 0.